The van der Waals surface area contributed by atoms with E-state index >= 15 is 0 Å². The third kappa shape index (κ3) is 4.49. The number of aromatic nitrogens is 3. The van der Waals surface area contributed by atoms with Crippen molar-refractivity contribution in [3.8, 4) is 11.4 Å². The molecule has 1 fully saturated rings. The van der Waals surface area contributed by atoms with Gasteiger partial charge in [0, 0.05) is 56.1 Å². The summed E-state index contributed by atoms with van der Waals surface area (Å²) in [6.07, 6.45) is 3.18. The number of hydrogen-bond donors (Lipinski definition) is 1. The highest BCUT2D eigenvalue weighted by atomic mass is 19.3. The minimum atomic E-state index is -2.77. The molecule has 150 valence electrons. The monoisotopic (exact) mass is 397 g/mol. The average Bonchev–Trinajstić information content (AvgIpc) is 3.16. The van der Waals surface area contributed by atoms with Crippen LogP contribution in [-0.2, 0) is 11.3 Å². The number of pyridine rings is 1. The highest BCUT2D eigenvalue weighted by Gasteiger charge is 2.34. The SMILES string of the molecule is C=CC(=O)NCc1cnc(-c2ccn(C(F)F)n2)cc1N1CCC(F)(F)CC1. The smallest absolute Gasteiger partial charge is 0.333 e. The van der Waals surface area contributed by atoms with E-state index in [4.69, 9.17) is 0 Å². The van der Waals surface area contributed by atoms with Gasteiger partial charge >= 0.3 is 6.55 Å². The van der Waals surface area contributed by atoms with E-state index in [1.54, 1.807) is 11.0 Å². The fourth-order valence-electron chi connectivity index (χ4n) is 2.96. The second-order valence-corrected chi connectivity index (χ2v) is 6.42. The molecule has 1 amide bonds. The molecule has 0 saturated carbocycles. The van der Waals surface area contributed by atoms with Gasteiger partial charge in [-0.1, -0.05) is 6.58 Å². The van der Waals surface area contributed by atoms with E-state index in [0.717, 1.165) is 12.3 Å². The van der Waals surface area contributed by atoms with Gasteiger partial charge in [0.25, 0.3) is 5.92 Å². The molecule has 1 aliphatic rings. The highest BCUT2D eigenvalue weighted by molar-refractivity contribution is 5.86. The molecule has 1 aliphatic heterocycles. The van der Waals surface area contributed by atoms with Gasteiger partial charge < -0.3 is 10.2 Å². The number of carbonyl (C=O) groups is 1. The fraction of sp³-hybridized carbons (Fsp3) is 0.389. The Hall–Kier alpha value is -2.91. The van der Waals surface area contributed by atoms with E-state index < -0.39 is 12.5 Å². The third-order valence-electron chi connectivity index (χ3n) is 4.51. The largest absolute Gasteiger partial charge is 0.371 e. The number of nitrogens with zero attached hydrogens (tertiary/aromatic N) is 4. The topological polar surface area (TPSA) is 63.1 Å². The summed E-state index contributed by atoms with van der Waals surface area (Å²) < 4.78 is 53.1. The van der Waals surface area contributed by atoms with Crippen LogP contribution >= 0.6 is 0 Å². The maximum atomic E-state index is 13.5. The van der Waals surface area contributed by atoms with Gasteiger partial charge in [0.05, 0.1) is 5.69 Å². The van der Waals surface area contributed by atoms with E-state index in [2.05, 4.69) is 22.0 Å². The van der Waals surface area contributed by atoms with Crippen molar-refractivity contribution >= 4 is 11.6 Å². The Morgan fingerprint density at radius 2 is 2.04 bits per heavy atom. The Balaban J connectivity index is 1.91. The van der Waals surface area contributed by atoms with Crippen LogP contribution in [0.5, 0.6) is 0 Å². The molecular formula is C18H19F4N5O. The quantitative estimate of drug-likeness (QED) is 0.600. The molecule has 2 aromatic heterocycles. The molecule has 0 atom stereocenters. The van der Waals surface area contributed by atoms with Crippen LogP contribution in [0.15, 0.2) is 37.2 Å². The standard InChI is InChI=1S/C18H19F4N5O/c1-2-16(28)24-11-12-10-23-14(13-3-6-27(25-13)17(19)20)9-15(12)26-7-4-18(21,22)5-8-26/h2-3,6,9-10,17H,1,4-5,7-8,11H2,(H,24,28). The number of halogens is 4. The molecule has 1 N–H and O–H groups in total. The van der Waals surface area contributed by atoms with Crippen molar-refractivity contribution in [3.63, 3.8) is 0 Å². The molecule has 0 aromatic carbocycles. The van der Waals surface area contributed by atoms with Crippen LogP contribution in [0.2, 0.25) is 0 Å². The summed E-state index contributed by atoms with van der Waals surface area (Å²) in [4.78, 5) is 17.5. The third-order valence-corrected chi connectivity index (χ3v) is 4.51. The molecule has 0 unspecified atom stereocenters. The summed E-state index contributed by atoms with van der Waals surface area (Å²) in [5, 5.41) is 6.42. The number of alkyl halides is 4. The Kier molecular flexibility index (Phi) is 5.66. The number of hydrogen-bond acceptors (Lipinski definition) is 4. The number of piperidine rings is 1. The molecule has 6 nitrogen and oxygen atoms in total. The molecule has 3 heterocycles. The molecule has 3 rings (SSSR count). The van der Waals surface area contributed by atoms with Crippen molar-refractivity contribution in [3.05, 3.63) is 42.7 Å². The summed E-state index contributed by atoms with van der Waals surface area (Å²) in [7, 11) is 0. The van der Waals surface area contributed by atoms with Gasteiger partial charge in [-0.25, -0.2) is 13.5 Å². The van der Waals surface area contributed by atoms with Gasteiger partial charge in [0.1, 0.15) is 5.69 Å². The first-order chi connectivity index (χ1) is 13.3. The van der Waals surface area contributed by atoms with Crippen LogP contribution in [-0.4, -0.2) is 39.7 Å². The number of carbonyl (C=O) groups excluding carboxylic acids is 1. The molecule has 0 spiro atoms. The minimum absolute atomic E-state index is 0.129. The van der Waals surface area contributed by atoms with E-state index in [1.807, 2.05) is 0 Å². The maximum absolute atomic E-state index is 13.5. The predicted octanol–water partition coefficient (Wildman–Crippen LogP) is 3.38. The molecule has 28 heavy (non-hydrogen) atoms. The number of amides is 1. The van der Waals surface area contributed by atoms with Crippen LogP contribution in [0.3, 0.4) is 0 Å². The predicted molar refractivity (Wildman–Crippen MR) is 95.1 cm³/mol. The molecular weight excluding hydrogens is 378 g/mol. The van der Waals surface area contributed by atoms with E-state index in [0.29, 0.717) is 21.6 Å². The molecule has 0 aliphatic carbocycles. The van der Waals surface area contributed by atoms with Gasteiger partial charge in [-0.15, -0.1) is 0 Å². The summed E-state index contributed by atoms with van der Waals surface area (Å²) in [5.41, 5.74) is 1.81. The lowest BCUT2D eigenvalue weighted by Gasteiger charge is -2.34. The van der Waals surface area contributed by atoms with Crippen LogP contribution in [0.4, 0.5) is 23.2 Å². The maximum Gasteiger partial charge on any atom is 0.333 e. The van der Waals surface area contributed by atoms with E-state index in [-0.39, 0.29) is 44.1 Å². The normalized spacial score (nSPS) is 16.2. The Bertz CT molecular complexity index is 857. The van der Waals surface area contributed by atoms with Crippen LogP contribution < -0.4 is 10.2 Å². The first kappa shape index (κ1) is 19.8. The molecule has 2 aromatic rings. The van der Waals surface area contributed by atoms with Crippen molar-refractivity contribution in [2.75, 3.05) is 18.0 Å². The Morgan fingerprint density at radius 3 is 2.64 bits per heavy atom. The Labute approximate surface area is 158 Å². The van der Waals surface area contributed by atoms with Gasteiger partial charge in [-0.05, 0) is 18.2 Å². The van der Waals surface area contributed by atoms with Crippen molar-refractivity contribution in [2.24, 2.45) is 0 Å². The second kappa shape index (κ2) is 7.99. The molecule has 0 radical (unpaired) electrons. The molecule has 1 saturated heterocycles. The number of rotatable bonds is 6. The summed E-state index contributed by atoms with van der Waals surface area (Å²) in [5.74, 6) is -3.09. The lowest BCUT2D eigenvalue weighted by molar-refractivity contribution is -0.116. The van der Waals surface area contributed by atoms with Crippen molar-refractivity contribution in [1.29, 1.82) is 0 Å². The number of nitrogens with one attached hydrogen (secondary N) is 1. The van der Waals surface area contributed by atoms with Crippen molar-refractivity contribution in [2.45, 2.75) is 31.9 Å². The van der Waals surface area contributed by atoms with Gasteiger partial charge in [-0.2, -0.15) is 13.9 Å². The Morgan fingerprint density at radius 1 is 1.32 bits per heavy atom. The van der Waals surface area contributed by atoms with Crippen molar-refractivity contribution < 1.29 is 22.4 Å². The van der Waals surface area contributed by atoms with Crippen LogP contribution in [0.25, 0.3) is 11.4 Å². The van der Waals surface area contributed by atoms with Crippen molar-refractivity contribution in [1.82, 2.24) is 20.1 Å². The summed E-state index contributed by atoms with van der Waals surface area (Å²) >= 11 is 0. The summed E-state index contributed by atoms with van der Waals surface area (Å²) in [6.45, 7) is 0.995. The second-order valence-electron chi connectivity index (χ2n) is 6.42. The van der Waals surface area contributed by atoms with Crippen LogP contribution in [0, 0.1) is 0 Å². The first-order valence-electron chi connectivity index (χ1n) is 8.65. The van der Waals surface area contributed by atoms with Crippen LogP contribution in [0.1, 0.15) is 25.0 Å². The molecule has 0 bridgehead atoms. The van der Waals surface area contributed by atoms with Gasteiger partial charge in [0.2, 0.25) is 5.91 Å². The van der Waals surface area contributed by atoms with Gasteiger partial charge in [-0.3, -0.25) is 9.78 Å². The first-order valence-corrected chi connectivity index (χ1v) is 8.65. The number of anilines is 1. The zero-order valence-electron chi connectivity index (χ0n) is 14.9. The van der Waals surface area contributed by atoms with Gasteiger partial charge in [0.15, 0.2) is 0 Å². The fourth-order valence-corrected chi connectivity index (χ4v) is 2.96. The lowest BCUT2D eigenvalue weighted by Crippen LogP contribution is -2.40. The van der Waals surface area contributed by atoms with E-state index in [1.165, 1.54) is 12.3 Å². The zero-order chi connectivity index (χ0) is 20.3. The molecule has 10 heteroatoms. The van der Waals surface area contributed by atoms with E-state index in [9.17, 15) is 22.4 Å². The minimum Gasteiger partial charge on any atom is -0.371 e. The zero-order valence-corrected chi connectivity index (χ0v) is 14.9. The summed E-state index contributed by atoms with van der Waals surface area (Å²) in [6, 6.07) is 3.03. The highest BCUT2D eigenvalue weighted by Crippen LogP contribution is 2.33. The lowest BCUT2D eigenvalue weighted by atomic mass is 10.0. The average molecular weight is 397 g/mol.